The molecule has 3 aromatic carbocycles. The van der Waals surface area contributed by atoms with E-state index < -0.39 is 23.2 Å². The molecule has 4 rings (SSSR count). The third kappa shape index (κ3) is 6.24. The van der Waals surface area contributed by atoms with E-state index in [0.29, 0.717) is 27.7 Å². The van der Waals surface area contributed by atoms with Gasteiger partial charge in [0, 0.05) is 20.0 Å². The zero-order valence-electron chi connectivity index (χ0n) is 18.7. The van der Waals surface area contributed by atoms with Gasteiger partial charge in [-0.05, 0) is 71.0 Å². The Balaban J connectivity index is 1.70. The summed E-state index contributed by atoms with van der Waals surface area (Å²) < 4.78 is 33.5. The minimum Gasteiger partial charge on any atom is -0.345 e. The van der Waals surface area contributed by atoms with E-state index in [1.54, 1.807) is 43.3 Å². The maximum absolute atomic E-state index is 13.4. The number of nitrogens with zero attached hydrogens (tertiary/aromatic N) is 3. The Labute approximate surface area is 238 Å². The van der Waals surface area contributed by atoms with Gasteiger partial charge in [-0.1, -0.05) is 59.6 Å². The van der Waals surface area contributed by atoms with Crippen LogP contribution in [0, 0.1) is 3.57 Å². The van der Waals surface area contributed by atoms with E-state index in [4.69, 9.17) is 23.2 Å². The van der Waals surface area contributed by atoms with E-state index in [9.17, 15) is 13.6 Å². The Kier molecular flexibility index (Phi) is 8.96. The number of aromatic nitrogens is 2. The molecule has 0 aliphatic rings. The number of rotatable bonds is 8. The molecule has 1 heterocycles. The van der Waals surface area contributed by atoms with Crippen LogP contribution in [0.4, 0.5) is 11.5 Å². The molecule has 0 aliphatic carbocycles. The molecule has 0 saturated carbocycles. The van der Waals surface area contributed by atoms with Crippen LogP contribution in [0.2, 0.25) is 10.0 Å². The second kappa shape index (κ2) is 12.0. The fourth-order valence-corrected chi connectivity index (χ4v) is 5.86. The van der Waals surface area contributed by atoms with Gasteiger partial charge in [0.15, 0.2) is 5.82 Å². The Morgan fingerprint density at radius 1 is 1.14 bits per heavy atom. The van der Waals surface area contributed by atoms with E-state index in [0.717, 1.165) is 25.2 Å². The molecule has 7 nitrogen and oxygen atoms in total. The highest BCUT2D eigenvalue weighted by Gasteiger charge is 2.28. The summed E-state index contributed by atoms with van der Waals surface area (Å²) >= 11 is 12.8. The van der Waals surface area contributed by atoms with Gasteiger partial charge in [0.1, 0.15) is 5.69 Å². The molecule has 4 aromatic rings. The molecule has 1 amide bonds. The Hall–Kier alpha value is -2.09. The first-order chi connectivity index (χ1) is 17.2. The third-order valence-electron chi connectivity index (χ3n) is 5.30. The Morgan fingerprint density at radius 3 is 2.58 bits per heavy atom. The SMILES string of the molecule is CC(NC(=O)c1ccc(I)cc1N(c1nsnc1Cc1ccccc1)S(=O)O)c1ccc(Cl)cc1Cl. The van der Waals surface area contributed by atoms with Crippen molar-refractivity contribution in [2.45, 2.75) is 19.4 Å². The van der Waals surface area contributed by atoms with Crippen molar-refractivity contribution in [1.29, 1.82) is 0 Å². The molecular formula is C24H19Cl2IN4O3S2. The molecule has 2 atom stereocenters. The predicted octanol–water partition coefficient (Wildman–Crippen LogP) is 6.81. The summed E-state index contributed by atoms with van der Waals surface area (Å²) in [4.78, 5) is 13.4. The van der Waals surface area contributed by atoms with E-state index in [2.05, 4.69) is 36.7 Å². The first kappa shape index (κ1) is 27.0. The molecule has 0 radical (unpaired) electrons. The van der Waals surface area contributed by atoms with Gasteiger partial charge in [-0.2, -0.15) is 8.75 Å². The summed E-state index contributed by atoms with van der Waals surface area (Å²) in [6, 6.07) is 19.2. The van der Waals surface area contributed by atoms with Crippen LogP contribution in [0.3, 0.4) is 0 Å². The molecule has 2 unspecified atom stereocenters. The Bertz CT molecular complexity index is 1420. The first-order valence-corrected chi connectivity index (χ1v) is 14.2. The number of carbonyl (C=O) groups excluding carboxylic acids is 1. The van der Waals surface area contributed by atoms with Crippen LogP contribution in [0.15, 0.2) is 66.7 Å². The number of hydrogen-bond acceptors (Lipinski definition) is 5. The lowest BCUT2D eigenvalue weighted by molar-refractivity contribution is 0.0940. The zero-order chi connectivity index (χ0) is 25.8. The first-order valence-electron chi connectivity index (χ1n) is 10.6. The van der Waals surface area contributed by atoms with Gasteiger partial charge in [0.25, 0.3) is 17.2 Å². The van der Waals surface area contributed by atoms with Crippen LogP contribution in [0.5, 0.6) is 0 Å². The van der Waals surface area contributed by atoms with Crippen molar-refractivity contribution < 1.29 is 13.6 Å². The lowest BCUT2D eigenvalue weighted by Gasteiger charge is -2.23. The molecule has 0 spiro atoms. The van der Waals surface area contributed by atoms with Crippen molar-refractivity contribution in [3.05, 3.63) is 103 Å². The van der Waals surface area contributed by atoms with Crippen LogP contribution in [-0.4, -0.2) is 23.4 Å². The quantitative estimate of drug-likeness (QED) is 0.159. The molecule has 0 aliphatic heterocycles. The smallest absolute Gasteiger partial charge is 0.268 e. The maximum Gasteiger partial charge on any atom is 0.268 e. The monoisotopic (exact) mass is 672 g/mol. The summed E-state index contributed by atoms with van der Waals surface area (Å²) in [5.74, 6) is -0.224. The third-order valence-corrected chi connectivity index (χ3v) is 7.77. The average Bonchev–Trinajstić information content (AvgIpc) is 3.27. The van der Waals surface area contributed by atoms with E-state index in [1.165, 1.54) is 0 Å². The minimum absolute atomic E-state index is 0.202. The van der Waals surface area contributed by atoms with Crippen LogP contribution in [0.25, 0.3) is 0 Å². The Morgan fingerprint density at radius 2 is 1.89 bits per heavy atom. The van der Waals surface area contributed by atoms with Crippen LogP contribution < -0.4 is 9.62 Å². The fraction of sp³-hybridized carbons (Fsp3) is 0.125. The molecule has 0 fully saturated rings. The molecule has 0 bridgehead atoms. The zero-order valence-corrected chi connectivity index (χ0v) is 24.0. The highest BCUT2D eigenvalue weighted by Crippen LogP contribution is 2.34. The summed E-state index contributed by atoms with van der Waals surface area (Å²) in [5.41, 5.74) is 2.63. The fourth-order valence-electron chi connectivity index (χ4n) is 3.60. The van der Waals surface area contributed by atoms with Crippen molar-refractivity contribution in [1.82, 2.24) is 14.1 Å². The number of hydrogen-bond donors (Lipinski definition) is 2. The largest absolute Gasteiger partial charge is 0.345 e. The highest BCUT2D eigenvalue weighted by atomic mass is 127. The molecule has 186 valence electrons. The minimum atomic E-state index is -2.52. The number of amides is 1. The number of carbonyl (C=O) groups is 1. The molecule has 1 aromatic heterocycles. The number of anilines is 2. The van der Waals surface area contributed by atoms with Gasteiger partial charge in [0.05, 0.1) is 29.0 Å². The van der Waals surface area contributed by atoms with Crippen molar-refractivity contribution in [2.75, 3.05) is 4.31 Å². The van der Waals surface area contributed by atoms with E-state index >= 15 is 0 Å². The predicted molar refractivity (Wildman–Crippen MR) is 154 cm³/mol. The van der Waals surface area contributed by atoms with Crippen LogP contribution in [0.1, 0.15) is 40.1 Å². The standard InChI is InChI=1S/C24H19Cl2IN4O3S2/c1-14(18-9-7-16(25)12-20(18)26)28-24(32)19-10-8-17(27)13-22(19)31(36(33)34)23-21(29-35-30-23)11-15-5-3-2-4-6-15/h2-10,12-14H,11H2,1H3,(H,28,32)(H,33,34). The summed E-state index contributed by atoms with van der Waals surface area (Å²) in [7, 11) is 0. The van der Waals surface area contributed by atoms with Crippen LogP contribution in [-0.2, 0) is 17.7 Å². The molecule has 2 N–H and O–H groups in total. The second-order valence-corrected chi connectivity index (χ2v) is 11.2. The molecule has 12 heteroatoms. The van der Waals surface area contributed by atoms with Gasteiger partial charge in [0.2, 0.25) is 0 Å². The van der Waals surface area contributed by atoms with Crippen molar-refractivity contribution >= 4 is 86.2 Å². The lowest BCUT2D eigenvalue weighted by atomic mass is 10.1. The number of nitrogens with one attached hydrogen (secondary N) is 1. The highest BCUT2D eigenvalue weighted by molar-refractivity contribution is 14.1. The van der Waals surface area contributed by atoms with Gasteiger partial charge in [-0.15, -0.1) is 0 Å². The van der Waals surface area contributed by atoms with Crippen molar-refractivity contribution in [2.24, 2.45) is 0 Å². The molecule has 36 heavy (non-hydrogen) atoms. The molecular weight excluding hydrogens is 654 g/mol. The summed E-state index contributed by atoms with van der Waals surface area (Å²) in [5, 5.41) is 3.83. The number of halogens is 3. The average molecular weight is 673 g/mol. The van der Waals surface area contributed by atoms with Crippen LogP contribution >= 0.6 is 57.5 Å². The van der Waals surface area contributed by atoms with E-state index in [-0.39, 0.29) is 17.1 Å². The van der Waals surface area contributed by atoms with Gasteiger partial charge < -0.3 is 5.32 Å². The maximum atomic E-state index is 13.4. The summed E-state index contributed by atoms with van der Waals surface area (Å²) in [6.07, 6.45) is 0.415. The summed E-state index contributed by atoms with van der Waals surface area (Å²) in [6.45, 7) is 1.80. The van der Waals surface area contributed by atoms with Gasteiger partial charge >= 0.3 is 0 Å². The molecule has 0 saturated heterocycles. The second-order valence-electron chi connectivity index (χ2n) is 7.74. The van der Waals surface area contributed by atoms with Gasteiger partial charge in [-0.3, -0.25) is 9.35 Å². The number of benzene rings is 3. The van der Waals surface area contributed by atoms with E-state index in [1.807, 2.05) is 30.3 Å². The van der Waals surface area contributed by atoms with Crippen molar-refractivity contribution in [3.8, 4) is 0 Å². The van der Waals surface area contributed by atoms with Crippen molar-refractivity contribution in [3.63, 3.8) is 0 Å². The topological polar surface area (TPSA) is 95.4 Å². The normalized spacial score (nSPS) is 12.7. The lowest BCUT2D eigenvalue weighted by Crippen LogP contribution is -2.30. The van der Waals surface area contributed by atoms with Gasteiger partial charge in [-0.25, -0.2) is 8.51 Å².